The summed E-state index contributed by atoms with van der Waals surface area (Å²) in [6.45, 7) is 0. The minimum absolute atomic E-state index is 0.0156. The van der Waals surface area contributed by atoms with Crippen molar-refractivity contribution < 1.29 is 8.78 Å². The molecule has 1 atom stereocenters. The van der Waals surface area contributed by atoms with Crippen LogP contribution in [0, 0.1) is 11.6 Å². The molecule has 0 spiro atoms. The van der Waals surface area contributed by atoms with Crippen LogP contribution in [0.3, 0.4) is 0 Å². The lowest BCUT2D eigenvalue weighted by molar-refractivity contribution is 0.510. The summed E-state index contributed by atoms with van der Waals surface area (Å²) in [4.78, 5) is 0. The Morgan fingerprint density at radius 2 is 1.80 bits per heavy atom. The van der Waals surface area contributed by atoms with Gasteiger partial charge in [-0.3, -0.25) is 11.3 Å². The van der Waals surface area contributed by atoms with E-state index in [9.17, 15) is 8.78 Å². The van der Waals surface area contributed by atoms with Gasteiger partial charge in [0.2, 0.25) is 0 Å². The number of halogens is 4. The molecule has 2 nitrogen and oxygen atoms in total. The Hall–Kier alpha value is -1.01. The van der Waals surface area contributed by atoms with E-state index in [1.807, 2.05) is 0 Å². The molecule has 0 bridgehead atoms. The first-order chi connectivity index (χ1) is 9.52. The van der Waals surface area contributed by atoms with Gasteiger partial charge in [0.25, 0.3) is 0 Å². The summed E-state index contributed by atoms with van der Waals surface area (Å²) in [5.74, 6) is 4.66. The maximum Gasteiger partial charge on any atom is 0.147 e. The van der Waals surface area contributed by atoms with Gasteiger partial charge in [-0.1, -0.05) is 29.8 Å². The summed E-state index contributed by atoms with van der Waals surface area (Å²) in [6, 6.07) is 8.80. The van der Waals surface area contributed by atoms with E-state index < -0.39 is 11.9 Å². The molecule has 2 aromatic rings. The average Bonchev–Trinajstić information content (AvgIpc) is 2.45. The number of nitrogens with two attached hydrogens (primary N) is 1. The summed E-state index contributed by atoms with van der Waals surface area (Å²) < 4.78 is 27.5. The third-order valence-electron chi connectivity index (χ3n) is 2.99. The molecular formula is C14H12BrClF2N2. The van der Waals surface area contributed by atoms with E-state index in [1.165, 1.54) is 12.1 Å². The molecule has 2 rings (SSSR count). The first-order valence-electron chi connectivity index (χ1n) is 5.87. The zero-order valence-corrected chi connectivity index (χ0v) is 12.7. The van der Waals surface area contributed by atoms with Gasteiger partial charge < -0.3 is 0 Å². The topological polar surface area (TPSA) is 38.0 Å². The van der Waals surface area contributed by atoms with Crippen molar-refractivity contribution >= 4 is 27.5 Å². The number of rotatable bonds is 4. The molecule has 106 valence electrons. The van der Waals surface area contributed by atoms with Crippen molar-refractivity contribution in [2.45, 2.75) is 12.5 Å². The second-order valence-electron chi connectivity index (χ2n) is 4.31. The Balaban J connectivity index is 2.29. The van der Waals surface area contributed by atoms with Crippen LogP contribution >= 0.6 is 27.5 Å². The van der Waals surface area contributed by atoms with Gasteiger partial charge in [0.15, 0.2) is 0 Å². The maximum atomic E-state index is 14.1. The van der Waals surface area contributed by atoms with E-state index in [4.69, 9.17) is 17.4 Å². The lowest BCUT2D eigenvalue weighted by atomic mass is 9.99. The van der Waals surface area contributed by atoms with Gasteiger partial charge in [-0.25, -0.2) is 8.78 Å². The molecule has 0 heterocycles. The highest BCUT2D eigenvalue weighted by Crippen LogP contribution is 2.31. The molecule has 6 heteroatoms. The Kier molecular flexibility index (Phi) is 5.10. The van der Waals surface area contributed by atoms with Gasteiger partial charge in [-0.15, -0.1) is 0 Å². The lowest BCUT2D eigenvalue weighted by Crippen LogP contribution is -2.30. The minimum Gasteiger partial charge on any atom is -0.271 e. The quantitative estimate of drug-likeness (QED) is 0.488. The summed E-state index contributed by atoms with van der Waals surface area (Å²) in [6.07, 6.45) is 0.422. The SMILES string of the molecule is NNC(Cc1ccc(F)cc1)c1ccc(Br)c(Cl)c1F. The number of hydrogen-bond donors (Lipinski definition) is 2. The van der Waals surface area contributed by atoms with E-state index in [0.29, 0.717) is 16.5 Å². The van der Waals surface area contributed by atoms with Gasteiger partial charge >= 0.3 is 0 Å². The van der Waals surface area contributed by atoms with Gasteiger partial charge in [0, 0.05) is 10.0 Å². The molecule has 0 aliphatic carbocycles. The molecule has 0 radical (unpaired) electrons. The van der Waals surface area contributed by atoms with Crippen LogP contribution in [0.4, 0.5) is 8.78 Å². The Labute approximate surface area is 129 Å². The first-order valence-corrected chi connectivity index (χ1v) is 7.04. The highest BCUT2D eigenvalue weighted by molar-refractivity contribution is 9.10. The van der Waals surface area contributed by atoms with Crippen molar-refractivity contribution in [1.82, 2.24) is 5.43 Å². The standard InChI is InChI=1S/C14H12BrClF2N2/c15-11-6-5-10(14(18)13(11)16)12(20-19)7-8-1-3-9(17)4-2-8/h1-6,12,20H,7,19H2. The molecule has 1 unspecified atom stereocenters. The zero-order chi connectivity index (χ0) is 14.7. The fourth-order valence-electron chi connectivity index (χ4n) is 1.92. The molecule has 0 aliphatic rings. The number of benzene rings is 2. The average molecular weight is 362 g/mol. The molecular weight excluding hydrogens is 350 g/mol. The molecule has 0 aromatic heterocycles. The van der Waals surface area contributed by atoms with Crippen molar-refractivity contribution in [3.63, 3.8) is 0 Å². The molecule has 0 fully saturated rings. The first kappa shape index (κ1) is 15.4. The Bertz CT molecular complexity index is 605. The van der Waals surface area contributed by atoms with Crippen molar-refractivity contribution in [1.29, 1.82) is 0 Å². The fraction of sp³-hybridized carbons (Fsp3) is 0.143. The van der Waals surface area contributed by atoms with Crippen LogP contribution in [-0.2, 0) is 6.42 Å². The van der Waals surface area contributed by atoms with Crippen LogP contribution < -0.4 is 11.3 Å². The van der Waals surface area contributed by atoms with Crippen LogP contribution in [0.25, 0.3) is 0 Å². The number of hydrogen-bond acceptors (Lipinski definition) is 2. The Morgan fingerprint density at radius 1 is 1.15 bits per heavy atom. The smallest absolute Gasteiger partial charge is 0.147 e. The van der Waals surface area contributed by atoms with E-state index in [2.05, 4.69) is 21.4 Å². The van der Waals surface area contributed by atoms with Gasteiger partial charge in [-0.05, 0) is 46.1 Å². The Morgan fingerprint density at radius 3 is 2.40 bits per heavy atom. The third-order valence-corrected chi connectivity index (χ3v) is 4.25. The number of hydrazine groups is 1. The third kappa shape index (κ3) is 3.35. The van der Waals surface area contributed by atoms with E-state index in [1.54, 1.807) is 24.3 Å². The van der Waals surface area contributed by atoms with E-state index in [-0.39, 0.29) is 10.8 Å². The van der Waals surface area contributed by atoms with Crippen LogP contribution in [-0.4, -0.2) is 0 Å². The molecule has 0 saturated heterocycles. The van der Waals surface area contributed by atoms with E-state index >= 15 is 0 Å². The molecule has 20 heavy (non-hydrogen) atoms. The summed E-state index contributed by atoms with van der Waals surface area (Å²) >= 11 is 9.03. The van der Waals surface area contributed by atoms with Crippen molar-refractivity contribution in [3.8, 4) is 0 Å². The molecule has 2 aromatic carbocycles. The van der Waals surface area contributed by atoms with Crippen molar-refractivity contribution in [3.05, 3.63) is 68.7 Å². The van der Waals surface area contributed by atoms with Crippen LogP contribution in [0.1, 0.15) is 17.2 Å². The van der Waals surface area contributed by atoms with Gasteiger partial charge in [0.1, 0.15) is 11.6 Å². The van der Waals surface area contributed by atoms with Crippen molar-refractivity contribution in [2.24, 2.45) is 5.84 Å². The van der Waals surface area contributed by atoms with E-state index in [0.717, 1.165) is 5.56 Å². The predicted octanol–water partition coefficient (Wildman–Crippen LogP) is 4.13. The monoisotopic (exact) mass is 360 g/mol. The highest BCUT2D eigenvalue weighted by atomic mass is 79.9. The van der Waals surface area contributed by atoms with Gasteiger partial charge in [0.05, 0.1) is 11.1 Å². The minimum atomic E-state index is -0.522. The van der Waals surface area contributed by atoms with Crippen LogP contribution in [0.5, 0.6) is 0 Å². The fourth-order valence-corrected chi connectivity index (χ4v) is 2.40. The molecule has 0 amide bonds. The summed E-state index contributed by atoms with van der Waals surface area (Å²) in [5.41, 5.74) is 3.77. The molecule has 0 aliphatic heterocycles. The summed E-state index contributed by atoms with van der Waals surface area (Å²) in [5, 5.41) is 0.0156. The summed E-state index contributed by atoms with van der Waals surface area (Å²) in [7, 11) is 0. The lowest BCUT2D eigenvalue weighted by Gasteiger charge is -2.18. The van der Waals surface area contributed by atoms with Crippen LogP contribution in [0.15, 0.2) is 40.9 Å². The maximum absolute atomic E-state index is 14.1. The predicted molar refractivity (Wildman–Crippen MR) is 79.3 cm³/mol. The second-order valence-corrected chi connectivity index (χ2v) is 5.55. The van der Waals surface area contributed by atoms with Crippen LogP contribution in [0.2, 0.25) is 5.02 Å². The van der Waals surface area contributed by atoms with Gasteiger partial charge in [-0.2, -0.15) is 0 Å². The zero-order valence-electron chi connectivity index (χ0n) is 10.3. The van der Waals surface area contributed by atoms with Crippen molar-refractivity contribution in [2.75, 3.05) is 0 Å². The largest absolute Gasteiger partial charge is 0.271 e. The second kappa shape index (κ2) is 6.63. The normalized spacial score (nSPS) is 12.4. The number of nitrogens with one attached hydrogen (secondary N) is 1. The molecule has 0 saturated carbocycles. The molecule has 3 N–H and O–H groups in total. The highest BCUT2D eigenvalue weighted by Gasteiger charge is 2.18.